The van der Waals surface area contributed by atoms with E-state index < -0.39 is 204 Å². The highest BCUT2D eigenvalue weighted by Gasteiger charge is 2.34. The molecule has 0 aromatic carbocycles. The van der Waals surface area contributed by atoms with E-state index in [0.29, 0.717) is 0 Å². The first kappa shape index (κ1) is 81.5. The number of Topliss-reactive ketones (excluding diaryl/α,β-unsaturated/α-hetero) is 9. The van der Waals surface area contributed by atoms with Crippen LogP contribution in [0.2, 0.25) is 0 Å². The number of rotatable bonds is 42. The number of amides is 5. The van der Waals surface area contributed by atoms with Crippen LogP contribution in [0.25, 0.3) is 0 Å². The van der Waals surface area contributed by atoms with E-state index in [1.807, 2.05) is 0 Å². The molecule has 0 saturated heterocycles. The molecule has 0 fully saturated rings. The van der Waals surface area contributed by atoms with Gasteiger partial charge in [0.1, 0.15) is 35.2 Å². The average molecular weight is 1260 g/mol. The molecule has 85 heavy (non-hydrogen) atoms. The third-order valence-corrected chi connectivity index (χ3v) is 14.5. The lowest BCUT2D eigenvalue weighted by molar-refractivity contribution is -0.136. The summed E-state index contributed by atoms with van der Waals surface area (Å²) in [6, 6.07) is -7.71. The van der Waals surface area contributed by atoms with Gasteiger partial charge in [0.05, 0.1) is 68.5 Å². The van der Waals surface area contributed by atoms with Crippen LogP contribution in [0.3, 0.4) is 0 Å². The largest absolute Gasteiger partial charge is 0.469 e. The Balaban J connectivity index is 0. The zero-order chi connectivity index (χ0) is 66.6. The number of hydrogen-bond donors (Lipinski definition) is 13. The fraction of sp³-hybridized carbons (Fsp3) is 0.731. The molecule has 0 aliphatic rings. The van der Waals surface area contributed by atoms with Crippen molar-refractivity contribution >= 4 is 97.2 Å². The maximum Gasteiger partial charge on any atom is 0.469 e. The first-order chi connectivity index (χ1) is 38.9. The highest BCUT2D eigenvalue weighted by Crippen LogP contribution is 2.37. The molecule has 14 N–H and O–H groups in total. The van der Waals surface area contributed by atoms with E-state index in [1.165, 1.54) is 69.2 Å². The van der Waals surface area contributed by atoms with Crippen LogP contribution >= 0.6 is 15.6 Å². The summed E-state index contributed by atoms with van der Waals surface area (Å²) in [5, 5.41) is 33.9. The Bertz CT molecular complexity index is 2470. The standard InChI is InChI=1S/C36H60N5O16P.C16H29N2O8P/c1-17(24(8)44)9-31(48)26(15-43)40-34(51)19(3)11-29(46)22(6)39-36(53)25(14-42)13-30(47)23(7)38-33(50)20(4)12-32(49)27(16-57-58(54,55)56)41-35(52)18(2)10-28(45)21(5)37;1-9(12(4)19)6-14(20)11(3)18-16(22)13(8-26-27(23,24)25)7-15(21)10(2)17-5/h17-23,25-27,42-43H,9-16,37H2,1-8H3,(H,38,50)(H,39,53)(H,40,51)(H,41,52)(H2,54,55,56);9-11,13,17H,6-8H2,1-5H3,(H,18,22)(H2,23,24,25)/t17-,18-,19-,20-,21+,22+,23+,25+,26+,27+;9-,10+,11+,13+/m11/s1. The Morgan fingerprint density at radius 2 is 0.694 bits per heavy atom. The Morgan fingerprint density at radius 3 is 1.08 bits per heavy atom. The minimum absolute atomic E-state index is 0.0455. The lowest BCUT2D eigenvalue weighted by Crippen LogP contribution is -2.48. The SMILES string of the molecule is CC(=O)[C@H](C)CC(=O)[C@H](CO)NC(=O)[C@H](C)CC(=O)[C@H](C)NC(=O)[C@H](CO)CC(=O)[C@H](C)NC(=O)[C@H](C)CC(=O)[C@H](COP(=O)(O)O)NC(=O)[C@H](C)CC(=O)[C@H](C)N.CN[C@@H](C)C(=O)C[C@@H](COP(=O)(O)O)C(=O)N[C@@H](C)C(=O)C[C@@H](C)C(C)=O. The summed E-state index contributed by atoms with van der Waals surface area (Å²) in [6.07, 6.45) is -2.43. The van der Waals surface area contributed by atoms with Crippen molar-refractivity contribution in [1.82, 2.24) is 31.9 Å². The van der Waals surface area contributed by atoms with Crippen molar-refractivity contribution < 1.29 is 115 Å². The zero-order valence-electron chi connectivity index (χ0n) is 50.4. The van der Waals surface area contributed by atoms with Gasteiger partial charge in [0.15, 0.2) is 28.9 Å². The van der Waals surface area contributed by atoms with Gasteiger partial charge in [0.25, 0.3) is 0 Å². The second-order valence-corrected chi connectivity index (χ2v) is 23.8. The van der Waals surface area contributed by atoms with Crippen molar-refractivity contribution in [3.8, 4) is 0 Å². The fourth-order valence-corrected chi connectivity index (χ4v) is 7.77. The van der Waals surface area contributed by atoms with Gasteiger partial charge in [-0.1, -0.05) is 34.6 Å². The number of aliphatic hydroxyl groups is 2. The quantitative estimate of drug-likeness (QED) is 0.0292. The van der Waals surface area contributed by atoms with Crippen molar-refractivity contribution in [2.24, 2.45) is 47.2 Å². The van der Waals surface area contributed by atoms with Crippen LogP contribution in [0, 0.1) is 41.4 Å². The number of nitrogens with two attached hydrogens (primary N) is 1. The van der Waals surface area contributed by atoms with Gasteiger partial charge in [0, 0.05) is 74.5 Å². The van der Waals surface area contributed by atoms with Crippen molar-refractivity contribution in [3.63, 3.8) is 0 Å². The Kier molecular flexibility index (Phi) is 37.7. The maximum atomic E-state index is 13.1. The van der Waals surface area contributed by atoms with Gasteiger partial charge < -0.3 is 67.4 Å². The van der Waals surface area contributed by atoms with Gasteiger partial charge in [-0.25, -0.2) is 9.13 Å². The summed E-state index contributed by atoms with van der Waals surface area (Å²) in [4.78, 5) is 210. The molecular formula is C52H89N7O24P2. The summed E-state index contributed by atoms with van der Waals surface area (Å²) in [6.45, 7) is 13.7. The number of likely N-dealkylation sites (N-methyl/N-ethyl adjacent to an activating group) is 1. The second kappa shape index (κ2) is 39.3. The molecule has 14 atom stereocenters. The molecule has 0 saturated carbocycles. The van der Waals surface area contributed by atoms with Crippen LogP contribution in [0.15, 0.2) is 0 Å². The summed E-state index contributed by atoms with van der Waals surface area (Å²) >= 11 is 0. The lowest BCUT2D eigenvalue weighted by atomic mass is 9.95. The fourth-order valence-electron chi connectivity index (χ4n) is 7.06. The van der Waals surface area contributed by atoms with Crippen molar-refractivity contribution in [2.75, 3.05) is 33.5 Å². The number of ketones is 9. The van der Waals surface area contributed by atoms with Crippen LogP contribution in [-0.2, 0) is 85.3 Å². The molecular weight excluding hydrogens is 1170 g/mol. The van der Waals surface area contributed by atoms with Gasteiger partial charge >= 0.3 is 15.6 Å². The van der Waals surface area contributed by atoms with Crippen molar-refractivity contribution in [1.29, 1.82) is 0 Å². The van der Waals surface area contributed by atoms with Crippen LogP contribution < -0.4 is 37.6 Å². The third kappa shape index (κ3) is 33.8. The number of carbonyl (C=O) groups excluding carboxylic acids is 14. The molecule has 0 radical (unpaired) electrons. The van der Waals surface area contributed by atoms with E-state index in [0.717, 1.165) is 0 Å². The summed E-state index contributed by atoms with van der Waals surface area (Å²) in [7, 11) is -8.37. The number of phosphoric acid groups is 2. The smallest absolute Gasteiger partial charge is 0.396 e. The van der Waals surface area contributed by atoms with Gasteiger partial charge in [-0.2, -0.15) is 0 Å². The summed E-state index contributed by atoms with van der Waals surface area (Å²) in [5.74, 6) is -15.1. The van der Waals surface area contributed by atoms with E-state index in [9.17, 15) is 86.5 Å². The molecule has 0 spiro atoms. The molecule has 486 valence electrons. The monoisotopic (exact) mass is 1260 g/mol. The van der Waals surface area contributed by atoms with Gasteiger partial charge in [-0.3, -0.25) is 76.2 Å². The first-order valence-electron chi connectivity index (χ1n) is 27.2. The first-order valence-corrected chi connectivity index (χ1v) is 30.3. The van der Waals surface area contributed by atoms with Gasteiger partial charge in [-0.15, -0.1) is 0 Å². The molecule has 0 rings (SSSR count). The molecule has 0 aromatic rings. The molecule has 33 heteroatoms. The molecule has 31 nitrogen and oxygen atoms in total. The van der Waals surface area contributed by atoms with Crippen LogP contribution in [-0.4, -0.2) is 187 Å². The van der Waals surface area contributed by atoms with Crippen LogP contribution in [0.5, 0.6) is 0 Å². The molecule has 0 aliphatic heterocycles. The number of carbonyl (C=O) groups is 14. The normalized spacial score (nSPS) is 16.5. The highest BCUT2D eigenvalue weighted by atomic mass is 31.2. The minimum atomic E-state index is -5.10. The third-order valence-electron chi connectivity index (χ3n) is 13.5. The molecule has 0 heterocycles. The van der Waals surface area contributed by atoms with Gasteiger partial charge in [0.2, 0.25) is 29.5 Å². The molecule has 0 aliphatic carbocycles. The number of phosphoric ester groups is 2. The molecule has 0 aromatic heterocycles. The Morgan fingerprint density at radius 1 is 0.388 bits per heavy atom. The van der Waals surface area contributed by atoms with Crippen molar-refractivity contribution in [2.45, 2.75) is 170 Å². The topological polar surface area (TPSA) is 511 Å². The van der Waals surface area contributed by atoms with Crippen LogP contribution in [0.1, 0.15) is 128 Å². The Hall–Kier alpha value is -5.56. The number of hydrogen-bond acceptors (Lipinski definition) is 22. The van der Waals surface area contributed by atoms with E-state index in [1.54, 1.807) is 20.9 Å². The minimum Gasteiger partial charge on any atom is -0.396 e. The maximum absolute atomic E-state index is 13.1. The van der Waals surface area contributed by atoms with E-state index in [4.69, 9.17) is 25.3 Å². The molecule has 0 bridgehead atoms. The Labute approximate surface area is 493 Å². The summed E-state index contributed by atoms with van der Waals surface area (Å²) < 4.78 is 31.0. The van der Waals surface area contributed by atoms with E-state index >= 15 is 0 Å². The second-order valence-electron chi connectivity index (χ2n) is 21.4. The van der Waals surface area contributed by atoms with Crippen LogP contribution in [0.4, 0.5) is 0 Å². The molecule has 0 unspecified atom stereocenters. The predicted octanol–water partition coefficient (Wildman–Crippen LogP) is -2.08. The molecule has 5 amide bonds. The van der Waals surface area contributed by atoms with Crippen molar-refractivity contribution in [3.05, 3.63) is 0 Å². The predicted molar refractivity (Wildman–Crippen MR) is 301 cm³/mol. The number of nitrogens with one attached hydrogen (secondary N) is 6. The van der Waals surface area contributed by atoms with E-state index in [2.05, 4.69) is 40.9 Å². The highest BCUT2D eigenvalue weighted by molar-refractivity contribution is 7.46. The number of aliphatic hydroxyl groups excluding tert-OH is 2. The average Bonchev–Trinajstić information content (AvgIpc) is 3.45. The van der Waals surface area contributed by atoms with E-state index in [-0.39, 0.29) is 48.8 Å². The van der Waals surface area contributed by atoms with Gasteiger partial charge in [-0.05, 0) is 55.5 Å². The zero-order valence-corrected chi connectivity index (χ0v) is 52.2. The summed E-state index contributed by atoms with van der Waals surface area (Å²) in [5.41, 5.74) is 5.52. The lowest BCUT2D eigenvalue weighted by Gasteiger charge is -2.23.